The first-order chi connectivity index (χ1) is 50.2. The van der Waals surface area contributed by atoms with Crippen molar-refractivity contribution < 1.29 is 0 Å². The maximum atomic E-state index is 2.39. The molecule has 8 aromatic carbocycles. The molecular weight excluding hydrogens is 1230 g/mol. The van der Waals surface area contributed by atoms with Crippen molar-refractivity contribution >= 4 is 0 Å². The second-order valence-corrected chi connectivity index (χ2v) is 32.4. The van der Waals surface area contributed by atoms with Crippen molar-refractivity contribution in [2.45, 2.75) is 323 Å². The molecule has 0 atom stereocenters. The van der Waals surface area contributed by atoms with Gasteiger partial charge in [-0.1, -0.05) is 339 Å². The first-order valence-corrected chi connectivity index (χ1v) is 43.0. The fourth-order valence-corrected chi connectivity index (χ4v) is 17.6. The molecule has 0 N–H and O–H groups in total. The van der Waals surface area contributed by atoms with E-state index in [0.717, 1.165) is 47.3 Å². The lowest BCUT2D eigenvalue weighted by Crippen LogP contribution is -2.13. The van der Waals surface area contributed by atoms with Gasteiger partial charge in [0.15, 0.2) is 0 Å². The van der Waals surface area contributed by atoms with Gasteiger partial charge in [-0.25, -0.2) is 0 Å². The fourth-order valence-electron chi connectivity index (χ4n) is 17.6. The summed E-state index contributed by atoms with van der Waals surface area (Å²) < 4.78 is 0. The molecular formula is C102H140. The minimum atomic E-state index is 0.790. The summed E-state index contributed by atoms with van der Waals surface area (Å²) in [7, 11) is 0. The lowest BCUT2D eigenvalue weighted by atomic mass is 9.77. The van der Waals surface area contributed by atoms with Gasteiger partial charge < -0.3 is 0 Å². The van der Waals surface area contributed by atoms with Crippen LogP contribution in [0.25, 0.3) is 44.5 Å². The van der Waals surface area contributed by atoms with Crippen LogP contribution in [-0.2, 0) is 25.7 Å². The third-order valence-electron chi connectivity index (χ3n) is 24.8. The second kappa shape index (κ2) is 45.2. The Hall–Kier alpha value is -6.24. The first kappa shape index (κ1) is 79.9. The molecule has 0 bridgehead atoms. The Labute approximate surface area is 626 Å². The highest BCUT2D eigenvalue weighted by Gasteiger charge is 2.26. The van der Waals surface area contributed by atoms with Crippen LogP contribution in [0.3, 0.4) is 0 Å². The zero-order chi connectivity index (χ0) is 71.4. The summed E-state index contributed by atoms with van der Waals surface area (Å²) in [5.41, 5.74) is 22.9. The molecule has 0 aromatic heterocycles. The first-order valence-electron chi connectivity index (χ1n) is 43.0. The number of hydrogen-bond donors (Lipinski definition) is 0. The highest BCUT2D eigenvalue weighted by atomic mass is 14.3. The molecule has 102 heavy (non-hydrogen) atoms. The topological polar surface area (TPSA) is 0 Å². The van der Waals surface area contributed by atoms with E-state index >= 15 is 0 Å². The molecule has 4 fully saturated rings. The molecule has 0 heterocycles. The standard InChI is InChI=1S/C27H38.C26H36.C25H34.C24H32/c1-3-5-7-9-23-12-16-25(17-13-23)27-20-18-26(19-21-27)24-14-10-22(11-15-24)8-6-4-2;1-3-5-7-21-9-13-23(14-10-21)25-17-19-26(20-18-25)24-15-11-22(12-16-24)8-6-4-2;1-3-5-7-21-10-14-23(15-11-21)25-18-16-24(17-19-25)22-12-8-20(6-4-2)9-13-22;1-3-5-6-20-9-13-22(14-10-20)24-17-15-23(16-18-24)21-11-7-19(4-2)8-12-21/h10-11,14-15,18-21,23,25H,3-9,12-13,16-17H2,1-2H3;9-10,13-14,17-20,22,24H,3-8,11-12,15-16H2,1-2H3;10-11,14-20,22H,3-9,12-13H2,1-2H3;9-10,13-19,21H,3-8,11-12H2,1-2H3. The van der Waals surface area contributed by atoms with Crippen LogP contribution in [0.4, 0.5) is 0 Å². The van der Waals surface area contributed by atoms with Crippen molar-refractivity contribution in [3.63, 3.8) is 0 Å². The lowest BCUT2D eigenvalue weighted by molar-refractivity contribution is 0.303. The van der Waals surface area contributed by atoms with E-state index in [2.05, 4.69) is 250 Å². The van der Waals surface area contributed by atoms with Crippen LogP contribution in [0.15, 0.2) is 194 Å². The van der Waals surface area contributed by atoms with Gasteiger partial charge in [0.25, 0.3) is 0 Å². The minimum Gasteiger partial charge on any atom is -0.0654 e. The van der Waals surface area contributed by atoms with Gasteiger partial charge in [0.1, 0.15) is 0 Å². The maximum absolute atomic E-state index is 2.39. The molecule has 0 heteroatoms. The zero-order valence-corrected chi connectivity index (χ0v) is 66.0. The zero-order valence-electron chi connectivity index (χ0n) is 66.0. The fraction of sp³-hybridized carbons (Fsp3) is 0.529. The van der Waals surface area contributed by atoms with Crippen molar-refractivity contribution in [3.8, 4) is 44.5 Å². The summed E-state index contributed by atoms with van der Waals surface area (Å²) >= 11 is 0. The summed E-state index contributed by atoms with van der Waals surface area (Å²) in [6.07, 6.45) is 51.6. The van der Waals surface area contributed by atoms with E-state index < -0.39 is 0 Å². The molecule has 4 aliphatic carbocycles. The molecule has 0 nitrogen and oxygen atoms in total. The van der Waals surface area contributed by atoms with Crippen molar-refractivity contribution in [2.75, 3.05) is 0 Å². The Morgan fingerprint density at radius 1 is 0.186 bits per heavy atom. The van der Waals surface area contributed by atoms with E-state index in [-0.39, 0.29) is 0 Å². The summed E-state index contributed by atoms with van der Waals surface area (Å²) in [6, 6.07) is 74.4. The third-order valence-corrected chi connectivity index (χ3v) is 24.8. The van der Waals surface area contributed by atoms with E-state index in [0.29, 0.717) is 0 Å². The monoisotopic (exact) mass is 1370 g/mol. The summed E-state index contributed by atoms with van der Waals surface area (Å²) in [6.45, 7) is 18.3. The van der Waals surface area contributed by atoms with E-state index in [1.54, 1.807) is 22.3 Å². The van der Waals surface area contributed by atoms with Crippen LogP contribution >= 0.6 is 0 Å². The molecule has 0 unspecified atom stereocenters. The van der Waals surface area contributed by atoms with Gasteiger partial charge in [0, 0.05) is 0 Å². The minimum absolute atomic E-state index is 0.790. The summed E-state index contributed by atoms with van der Waals surface area (Å²) in [5.74, 6) is 7.13. The van der Waals surface area contributed by atoms with Crippen molar-refractivity contribution in [1.29, 1.82) is 0 Å². The van der Waals surface area contributed by atoms with Crippen molar-refractivity contribution in [3.05, 3.63) is 239 Å². The number of hydrogen-bond acceptors (Lipinski definition) is 0. The molecule has 0 radical (unpaired) electrons. The van der Waals surface area contributed by atoms with E-state index in [9.17, 15) is 0 Å². The van der Waals surface area contributed by atoms with Crippen LogP contribution in [-0.4, -0.2) is 0 Å². The van der Waals surface area contributed by atoms with Gasteiger partial charge in [-0.3, -0.25) is 0 Å². The lowest BCUT2D eigenvalue weighted by Gasteiger charge is -2.29. The number of benzene rings is 8. The number of unbranched alkanes of at least 4 members (excludes halogenated alkanes) is 7. The number of aryl methyl sites for hydroxylation is 4. The molecule has 0 saturated heterocycles. The van der Waals surface area contributed by atoms with Gasteiger partial charge in [-0.2, -0.15) is 0 Å². The smallest absolute Gasteiger partial charge is 0.0162 e. The number of rotatable bonds is 30. The Balaban J connectivity index is 0.000000158. The molecule has 8 aromatic rings. The van der Waals surface area contributed by atoms with Gasteiger partial charge in [-0.15, -0.1) is 0 Å². The van der Waals surface area contributed by atoms with Crippen LogP contribution in [0.1, 0.15) is 342 Å². The van der Waals surface area contributed by atoms with E-state index in [1.807, 2.05) is 0 Å². The molecule has 0 amide bonds. The summed E-state index contributed by atoms with van der Waals surface area (Å²) in [4.78, 5) is 0. The Kier molecular flexibility index (Phi) is 35.4. The van der Waals surface area contributed by atoms with Gasteiger partial charge >= 0.3 is 0 Å². The molecule has 548 valence electrons. The van der Waals surface area contributed by atoms with E-state index in [1.165, 1.54) is 311 Å². The van der Waals surface area contributed by atoms with Crippen LogP contribution < -0.4 is 0 Å². The average molecular weight is 1370 g/mol. The summed E-state index contributed by atoms with van der Waals surface area (Å²) in [5, 5.41) is 0. The highest BCUT2D eigenvalue weighted by Crippen LogP contribution is 2.43. The average Bonchev–Trinajstić information content (AvgIpc) is 0.853. The largest absolute Gasteiger partial charge is 0.0654 e. The van der Waals surface area contributed by atoms with Gasteiger partial charge in [-0.05, 0) is 290 Å². The Morgan fingerprint density at radius 2 is 0.392 bits per heavy atom. The van der Waals surface area contributed by atoms with Crippen LogP contribution in [0.5, 0.6) is 0 Å². The quantitative estimate of drug-likeness (QED) is 0.0394. The Bertz CT molecular complexity index is 3420. The molecule has 0 aliphatic heterocycles. The van der Waals surface area contributed by atoms with Crippen LogP contribution in [0, 0.1) is 23.7 Å². The molecule has 4 saturated carbocycles. The van der Waals surface area contributed by atoms with Crippen molar-refractivity contribution in [2.24, 2.45) is 23.7 Å². The van der Waals surface area contributed by atoms with Crippen molar-refractivity contribution in [1.82, 2.24) is 0 Å². The SMILES string of the molecule is CCCCCC1CCC(c2ccc(-c3ccc(CCCC)cc3)cc2)CC1.CCCCc1ccc(-c2ccc(C3CCC(CC)CC3)cc2)cc1.CCCCc1ccc(-c2ccc(C3CCC(CCC)CC3)cc2)cc1.CCCCc1ccc(-c2ccc(C3CCC(CCCC)CC3)cc2)cc1. The normalized spacial score (nSPS) is 20.4. The molecule has 0 spiro atoms. The maximum Gasteiger partial charge on any atom is -0.0162 e. The van der Waals surface area contributed by atoms with E-state index in [4.69, 9.17) is 0 Å². The molecule has 4 aliphatic rings. The third kappa shape index (κ3) is 26.1. The highest BCUT2D eigenvalue weighted by molar-refractivity contribution is 5.67. The van der Waals surface area contributed by atoms with Gasteiger partial charge in [0.2, 0.25) is 0 Å². The molecule has 12 rings (SSSR count). The predicted molar refractivity (Wildman–Crippen MR) is 450 cm³/mol. The Morgan fingerprint density at radius 3 is 0.608 bits per heavy atom. The second-order valence-electron chi connectivity index (χ2n) is 32.4. The predicted octanol–water partition coefficient (Wildman–Crippen LogP) is 31.9. The van der Waals surface area contributed by atoms with Gasteiger partial charge in [0.05, 0.1) is 0 Å². The van der Waals surface area contributed by atoms with Crippen LogP contribution in [0.2, 0.25) is 0 Å².